The Balaban J connectivity index is 1.96. The third-order valence-electron chi connectivity index (χ3n) is 3.31. The van der Waals surface area contributed by atoms with E-state index in [1.807, 2.05) is 18.2 Å². The summed E-state index contributed by atoms with van der Waals surface area (Å²) in [5.41, 5.74) is 1.12. The molecule has 1 heterocycles. The first-order valence-electron chi connectivity index (χ1n) is 7.01. The van der Waals surface area contributed by atoms with Crippen LogP contribution >= 0.6 is 0 Å². The Morgan fingerprint density at radius 1 is 1.30 bits per heavy atom. The number of rotatable bonds is 8. The van der Waals surface area contributed by atoms with Crippen LogP contribution in [0.5, 0.6) is 11.5 Å². The zero-order valence-electron chi connectivity index (χ0n) is 11.8. The maximum atomic E-state index is 10.7. The highest BCUT2D eigenvalue weighted by atomic mass is 16.7. The summed E-state index contributed by atoms with van der Waals surface area (Å²) in [6, 6.07) is 5.89. The van der Waals surface area contributed by atoms with Crippen molar-refractivity contribution < 1.29 is 19.4 Å². The molecule has 0 unspecified atom stereocenters. The number of nitrogens with zero attached hydrogens (tertiary/aromatic N) is 1. The molecule has 0 fully saturated rings. The molecule has 1 aliphatic rings. The van der Waals surface area contributed by atoms with Crippen molar-refractivity contribution in [1.29, 1.82) is 0 Å². The predicted molar refractivity (Wildman–Crippen MR) is 75.0 cm³/mol. The summed E-state index contributed by atoms with van der Waals surface area (Å²) in [6.07, 6.45) is 2.35. The Kier molecular flexibility index (Phi) is 5.24. The van der Waals surface area contributed by atoms with Gasteiger partial charge in [0.15, 0.2) is 11.5 Å². The van der Waals surface area contributed by atoms with Crippen molar-refractivity contribution in [1.82, 2.24) is 4.90 Å². The number of hydrogen-bond donors (Lipinski definition) is 1. The first-order chi connectivity index (χ1) is 9.69. The van der Waals surface area contributed by atoms with Crippen LogP contribution in [0, 0.1) is 0 Å². The topological polar surface area (TPSA) is 59.0 Å². The summed E-state index contributed by atoms with van der Waals surface area (Å²) in [4.78, 5) is 12.9. The molecule has 110 valence electrons. The predicted octanol–water partition coefficient (Wildman–Crippen LogP) is 2.49. The molecule has 0 aromatic heterocycles. The van der Waals surface area contributed by atoms with Gasteiger partial charge in [-0.15, -0.1) is 0 Å². The van der Waals surface area contributed by atoms with Crippen molar-refractivity contribution in [3.05, 3.63) is 23.8 Å². The van der Waals surface area contributed by atoms with Gasteiger partial charge < -0.3 is 14.6 Å². The Bertz CT molecular complexity index is 461. The van der Waals surface area contributed by atoms with Crippen molar-refractivity contribution in [2.75, 3.05) is 19.9 Å². The molecule has 5 nitrogen and oxygen atoms in total. The number of unbranched alkanes of at least 4 members (excludes halogenated alkanes) is 1. The number of carboxylic acids is 1. The van der Waals surface area contributed by atoms with Crippen molar-refractivity contribution in [3.63, 3.8) is 0 Å². The number of aliphatic carboxylic acids is 1. The molecule has 20 heavy (non-hydrogen) atoms. The maximum absolute atomic E-state index is 10.7. The third kappa shape index (κ3) is 4.13. The van der Waals surface area contributed by atoms with Gasteiger partial charge in [0.05, 0.1) is 6.42 Å². The summed E-state index contributed by atoms with van der Waals surface area (Å²) >= 11 is 0. The van der Waals surface area contributed by atoms with Crippen LogP contribution in [0.25, 0.3) is 0 Å². The van der Waals surface area contributed by atoms with Crippen molar-refractivity contribution in [2.24, 2.45) is 0 Å². The summed E-state index contributed by atoms with van der Waals surface area (Å²) in [5.74, 6) is 0.799. The summed E-state index contributed by atoms with van der Waals surface area (Å²) in [6.45, 7) is 4.64. The zero-order chi connectivity index (χ0) is 14.4. The van der Waals surface area contributed by atoms with Crippen molar-refractivity contribution in [3.8, 4) is 11.5 Å². The van der Waals surface area contributed by atoms with Crippen LogP contribution < -0.4 is 9.47 Å². The van der Waals surface area contributed by atoms with Gasteiger partial charge in [0.25, 0.3) is 0 Å². The minimum absolute atomic E-state index is 0.175. The maximum Gasteiger partial charge on any atom is 0.304 e. The van der Waals surface area contributed by atoms with Gasteiger partial charge in [-0.3, -0.25) is 9.69 Å². The lowest BCUT2D eigenvalue weighted by atomic mass is 10.1. The van der Waals surface area contributed by atoms with Crippen LogP contribution in [0.15, 0.2) is 18.2 Å². The van der Waals surface area contributed by atoms with E-state index in [4.69, 9.17) is 14.6 Å². The average molecular weight is 279 g/mol. The lowest BCUT2D eigenvalue weighted by molar-refractivity contribution is -0.137. The normalized spacial score (nSPS) is 12.9. The fraction of sp³-hybridized carbons (Fsp3) is 0.533. The number of carbonyl (C=O) groups is 1. The molecular formula is C15H21NO4. The lowest BCUT2D eigenvalue weighted by Crippen LogP contribution is -2.27. The standard InChI is InChI=1S/C15H21NO4/c1-2-3-7-16(8-6-15(17)18)10-12-4-5-13-14(9-12)20-11-19-13/h4-5,9H,2-3,6-8,10-11H2,1H3,(H,17,18). The van der Waals surface area contributed by atoms with Gasteiger partial charge in [0.2, 0.25) is 6.79 Å². The average Bonchev–Trinajstić information content (AvgIpc) is 2.89. The molecule has 5 heteroatoms. The molecule has 0 radical (unpaired) electrons. The number of carboxylic acid groups (broad SMARTS) is 1. The Morgan fingerprint density at radius 2 is 2.10 bits per heavy atom. The van der Waals surface area contributed by atoms with Gasteiger partial charge in [-0.2, -0.15) is 0 Å². The van der Waals surface area contributed by atoms with Crippen LogP contribution in [0.1, 0.15) is 31.7 Å². The van der Waals surface area contributed by atoms with Gasteiger partial charge in [-0.05, 0) is 30.7 Å². The SMILES string of the molecule is CCCCN(CCC(=O)O)Cc1ccc2c(c1)OCO2. The molecular weight excluding hydrogens is 258 g/mol. The second-order valence-electron chi connectivity index (χ2n) is 4.96. The molecule has 1 aliphatic heterocycles. The van der Waals surface area contributed by atoms with Crippen LogP contribution in [0.4, 0.5) is 0 Å². The highest BCUT2D eigenvalue weighted by Gasteiger charge is 2.15. The molecule has 1 aromatic carbocycles. The van der Waals surface area contributed by atoms with Crippen LogP contribution in [0.2, 0.25) is 0 Å². The highest BCUT2D eigenvalue weighted by Crippen LogP contribution is 2.32. The van der Waals surface area contributed by atoms with Gasteiger partial charge in [-0.25, -0.2) is 0 Å². The smallest absolute Gasteiger partial charge is 0.304 e. The number of fused-ring (bicyclic) bond motifs is 1. The van der Waals surface area contributed by atoms with Crippen LogP contribution in [-0.2, 0) is 11.3 Å². The van der Waals surface area contributed by atoms with Gasteiger partial charge >= 0.3 is 5.97 Å². The van der Waals surface area contributed by atoms with Gasteiger partial charge in [-0.1, -0.05) is 19.4 Å². The fourth-order valence-corrected chi connectivity index (χ4v) is 2.20. The van der Waals surface area contributed by atoms with E-state index in [0.717, 1.165) is 43.0 Å². The van der Waals surface area contributed by atoms with E-state index in [1.165, 1.54) is 0 Å². The van der Waals surface area contributed by atoms with E-state index in [0.29, 0.717) is 6.54 Å². The summed E-state index contributed by atoms with van der Waals surface area (Å²) < 4.78 is 10.7. The summed E-state index contributed by atoms with van der Waals surface area (Å²) in [7, 11) is 0. The van der Waals surface area contributed by atoms with Gasteiger partial charge in [0, 0.05) is 13.1 Å². The Labute approximate surface area is 119 Å². The number of ether oxygens (including phenoxy) is 2. The van der Waals surface area contributed by atoms with E-state index in [2.05, 4.69) is 11.8 Å². The molecule has 1 aromatic rings. The minimum Gasteiger partial charge on any atom is -0.481 e. The molecule has 0 bridgehead atoms. The highest BCUT2D eigenvalue weighted by molar-refractivity contribution is 5.66. The summed E-state index contributed by atoms with van der Waals surface area (Å²) in [5, 5.41) is 8.82. The second kappa shape index (κ2) is 7.14. The van der Waals surface area contributed by atoms with E-state index < -0.39 is 5.97 Å². The van der Waals surface area contributed by atoms with E-state index in [9.17, 15) is 4.79 Å². The first kappa shape index (κ1) is 14.7. The van der Waals surface area contributed by atoms with Gasteiger partial charge in [0.1, 0.15) is 0 Å². The molecule has 0 saturated carbocycles. The molecule has 0 spiro atoms. The van der Waals surface area contributed by atoms with E-state index >= 15 is 0 Å². The van der Waals surface area contributed by atoms with E-state index in [1.54, 1.807) is 0 Å². The molecule has 2 rings (SSSR count). The molecule has 0 saturated heterocycles. The van der Waals surface area contributed by atoms with E-state index in [-0.39, 0.29) is 13.2 Å². The largest absolute Gasteiger partial charge is 0.481 e. The third-order valence-corrected chi connectivity index (χ3v) is 3.31. The first-order valence-corrected chi connectivity index (χ1v) is 7.01. The molecule has 1 N–H and O–H groups in total. The zero-order valence-corrected chi connectivity index (χ0v) is 11.8. The monoisotopic (exact) mass is 279 g/mol. The van der Waals surface area contributed by atoms with Crippen molar-refractivity contribution in [2.45, 2.75) is 32.7 Å². The number of hydrogen-bond acceptors (Lipinski definition) is 4. The minimum atomic E-state index is -0.753. The lowest BCUT2D eigenvalue weighted by Gasteiger charge is -2.21. The molecule has 0 atom stereocenters. The fourth-order valence-electron chi connectivity index (χ4n) is 2.20. The van der Waals surface area contributed by atoms with Crippen molar-refractivity contribution >= 4 is 5.97 Å². The van der Waals surface area contributed by atoms with Crippen LogP contribution in [0.3, 0.4) is 0 Å². The molecule has 0 amide bonds. The Morgan fingerprint density at radius 3 is 2.85 bits per heavy atom. The number of benzene rings is 1. The van der Waals surface area contributed by atoms with Crippen LogP contribution in [-0.4, -0.2) is 35.9 Å². The molecule has 0 aliphatic carbocycles. The quantitative estimate of drug-likeness (QED) is 0.792. The Hall–Kier alpha value is -1.75. The second-order valence-corrected chi connectivity index (χ2v) is 4.96.